The Bertz CT molecular complexity index is 831. The van der Waals surface area contributed by atoms with Crippen LogP contribution < -0.4 is 10.5 Å². The molecule has 2 saturated carbocycles. The second-order valence-electron chi connectivity index (χ2n) is 8.32. The predicted octanol–water partition coefficient (Wildman–Crippen LogP) is 3.55. The number of nitrogens with zero attached hydrogens (tertiary/aromatic N) is 1. The number of hydrogen-bond donors (Lipinski definition) is 2. The van der Waals surface area contributed by atoms with Crippen LogP contribution in [-0.2, 0) is 14.8 Å². The van der Waals surface area contributed by atoms with Crippen molar-refractivity contribution in [1.82, 2.24) is 4.98 Å². The number of carbonyl (C=O) groups excluding carboxylic acids is 1. The summed E-state index contributed by atoms with van der Waals surface area (Å²) in [4.78, 5) is 16.6. The van der Waals surface area contributed by atoms with E-state index in [2.05, 4.69) is 17.2 Å². The fraction of sp³-hybridized carbons (Fsp3) is 0.684. The number of aromatic nitrogens is 1. The highest BCUT2D eigenvalue weighted by Gasteiger charge is 2.47. The number of pyridine rings is 1. The molecule has 0 saturated heterocycles. The van der Waals surface area contributed by atoms with E-state index in [0.29, 0.717) is 12.3 Å². The summed E-state index contributed by atoms with van der Waals surface area (Å²) < 4.78 is 51.1. The molecule has 0 aromatic carbocycles. The van der Waals surface area contributed by atoms with Crippen molar-refractivity contribution in [1.29, 1.82) is 0 Å². The fourth-order valence-corrected chi connectivity index (χ4v) is 5.25. The Balaban J connectivity index is 1.79. The molecule has 0 bridgehead atoms. The van der Waals surface area contributed by atoms with Crippen molar-refractivity contribution in [3.05, 3.63) is 18.3 Å². The molecule has 28 heavy (non-hydrogen) atoms. The van der Waals surface area contributed by atoms with Gasteiger partial charge in [-0.1, -0.05) is 26.2 Å². The van der Waals surface area contributed by atoms with Crippen molar-refractivity contribution >= 4 is 21.6 Å². The topological polar surface area (TPSA) is 102 Å². The minimum atomic E-state index is -4.02. The number of nitrogens with one attached hydrogen (secondary N) is 1. The van der Waals surface area contributed by atoms with Crippen LogP contribution in [0.1, 0.15) is 51.9 Å². The van der Waals surface area contributed by atoms with Gasteiger partial charge in [-0.05, 0) is 36.7 Å². The second-order valence-corrected chi connectivity index (χ2v) is 9.83. The number of sulfonamides is 1. The van der Waals surface area contributed by atoms with E-state index in [4.69, 9.17) is 5.14 Å². The van der Waals surface area contributed by atoms with E-state index in [1.165, 1.54) is 12.3 Å². The lowest BCUT2D eigenvalue weighted by Crippen LogP contribution is -2.43. The normalized spacial score (nSPS) is 30.6. The molecule has 6 nitrogen and oxygen atoms in total. The number of rotatable bonds is 4. The molecular weight excluding hydrogens is 388 g/mol. The monoisotopic (exact) mass is 415 g/mol. The Labute approximate surface area is 164 Å². The predicted molar refractivity (Wildman–Crippen MR) is 101 cm³/mol. The largest absolute Gasteiger partial charge is 0.326 e. The van der Waals surface area contributed by atoms with Crippen molar-refractivity contribution in [3.63, 3.8) is 0 Å². The highest BCUT2D eigenvalue weighted by Crippen LogP contribution is 2.47. The lowest BCUT2D eigenvalue weighted by atomic mass is 9.65. The molecule has 1 aromatic heterocycles. The third-order valence-corrected chi connectivity index (χ3v) is 6.90. The zero-order chi connectivity index (χ0) is 20.5. The van der Waals surface area contributed by atoms with E-state index in [0.717, 1.165) is 31.7 Å². The zero-order valence-electron chi connectivity index (χ0n) is 15.9. The summed E-state index contributed by atoms with van der Waals surface area (Å²) in [5, 5.41) is 7.30. The maximum Gasteiger partial charge on any atom is 0.255 e. The maximum atomic E-state index is 14.1. The number of amides is 1. The Morgan fingerprint density at radius 2 is 2.07 bits per heavy atom. The lowest BCUT2D eigenvalue weighted by molar-refractivity contribution is -0.134. The van der Waals surface area contributed by atoms with Gasteiger partial charge in [0.1, 0.15) is 0 Å². The molecule has 1 heterocycles. The van der Waals surface area contributed by atoms with Crippen molar-refractivity contribution in [2.75, 3.05) is 5.32 Å². The summed E-state index contributed by atoms with van der Waals surface area (Å²) in [5.41, 5.74) is 0.189. The lowest BCUT2D eigenvalue weighted by Gasteiger charge is -2.42. The molecule has 9 heteroatoms. The molecule has 0 unspecified atom stereocenters. The molecule has 3 rings (SSSR count). The maximum absolute atomic E-state index is 14.1. The van der Waals surface area contributed by atoms with Crippen LogP contribution in [0, 0.1) is 23.7 Å². The molecule has 2 aliphatic rings. The van der Waals surface area contributed by atoms with Gasteiger partial charge in [-0.25, -0.2) is 27.3 Å². The molecule has 0 aliphatic heterocycles. The first kappa shape index (κ1) is 21.1. The quantitative estimate of drug-likeness (QED) is 0.785. The van der Waals surface area contributed by atoms with Gasteiger partial charge < -0.3 is 5.32 Å². The summed E-state index contributed by atoms with van der Waals surface area (Å²) in [5.74, 6) is -3.42. The summed E-state index contributed by atoms with van der Waals surface area (Å²) in [6.45, 7) is 2.17. The summed E-state index contributed by atoms with van der Waals surface area (Å²) >= 11 is 0. The van der Waals surface area contributed by atoms with Crippen molar-refractivity contribution < 1.29 is 22.0 Å². The van der Waals surface area contributed by atoms with Crippen LogP contribution >= 0.6 is 0 Å². The highest BCUT2D eigenvalue weighted by atomic mass is 32.2. The molecule has 156 valence electrons. The minimum Gasteiger partial charge on any atom is -0.326 e. The average Bonchev–Trinajstić information content (AvgIpc) is 2.60. The highest BCUT2D eigenvalue weighted by molar-refractivity contribution is 7.89. The van der Waals surface area contributed by atoms with E-state index in [1.807, 2.05) is 0 Å². The molecule has 0 spiro atoms. The molecule has 4 atom stereocenters. The number of alkyl halides is 2. The third-order valence-electron chi connectivity index (χ3n) is 6.09. The molecule has 3 N–H and O–H groups in total. The Morgan fingerprint density at radius 1 is 1.32 bits per heavy atom. The zero-order valence-corrected chi connectivity index (χ0v) is 16.7. The van der Waals surface area contributed by atoms with E-state index < -0.39 is 34.2 Å². The van der Waals surface area contributed by atoms with Gasteiger partial charge in [-0.2, -0.15) is 0 Å². The van der Waals surface area contributed by atoms with E-state index >= 15 is 0 Å². The van der Waals surface area contributed by atoms with Crippen LogP contribution in [-0.4, -0.2) is 25.2 Å². The number of carbonyl (C=O) groups is 1. The van der Waals surface area contributed by atoms with Gasteiger partial charge in [0.25, 0.3) is 10.0 Å². The first-order valence-corrected chi connectivity index (χ1v) is 11.3. The van der Waals surface area contributed by atoms with Gasteiger partial charge in [0, 0.05) is 36.7 Å². The number of primary sulfonamides is 1. The summed E-state index contributed by atoms with van der Waals surface area (Å²) in [6, 6.07) is 2.57. The first-order valence-electron chi connectivity index (χ1n) is 9.73. The van der Waals surface area contributed by atoms with Crippen LogP contribution in [0.3, 0.4) is 0 Å². The van der Waals surface area contributed by atoms with Crippen LogP contribution in [0.4, 0.5) is 14.5 Å². The van der Waals surface area contributed by atoms with E-state index in [-0.39, 0.29) is 29.0 Å². The van der Waals surface area contributed by atoms with Crippen molar-refractivity contribution in [2.45, 2.75) is 62.8 Å². The first-order chi connectivity index (χ1) is 13.0. The van der Waals surface area contributed by atoms with Gasteiger partial charge in [0.15, 0.2) is 5.03 Å². The van der Waals surface area contributed by atoms with Crippen LogP contribution in [0.5, 0.6) is 0 Å². The minimum absolute atomic E-state index is 0.0816. The smallest absolute Gasteiger partial charge is 0.255 e. The number of halogens is 2. The molecule has 2 fully saturated rings. The molecule has 0 radical (unpaired) electrons. The molecule has 1 amide bonds. The van der Waals surface area contributed by atoms with Gasteiger partial charge in [0.05, 0.1) is 0 Å². The molecule has 1 aromatic rings. The number of anilines is 1. The van der Waals surface area contributed by atoms with Gasteiger partial charge in [0.2, 0.25) is 11.8 Å². The Hall–Kier alpha value is -1.61. The third kappa shape index (κ3) is 5.05. The van der Waals surface area contributed by atoms with Gasteiger partial charge in [-0.3, -0.25) is 4.79 Å². The Kier molecular flexibility index (Phi) is 6.05. The van der Waals surface area contributed by atoms with Gasteiger partial charge >= 0.3 is 0 Å². The summed E-state index contributed by atoms with van der Waals surface area (Å²) in [7, 11) is -4.02. The molecular formula is C19H27F2N3O3S. The Morgan fingerprint density at radius 3 is 2.75 bits per heavy atom. The van der Waals surface area contributed by atoms with Crippen LogP contribution in [0.15, 0.2) is 23.4 Å². The number of nitrogens with two attached hydrogens (primary N) is 1. The second kappa shape index (κ2) is 8.02. The SMILES string of the molecule is C[C@H]1CCC[C@H]([C@H]2CCC(F)(F)C[C@@H]2C(=O)Nc2ccnc(S(N)(=O)=O)c2)C1. The number of hydrogen-bond acceptors (Lipinski definition) is 4. The van der Waals surface area contributed by atoms with Crippen LogP contribution in [0.25, 0.3) is 0 Å². The van der Waals surface area contributed by atoms with E-state index in [9.17, 15) is 22.0 Å². The fourth-order valence-electron chi connectivity index (χ4n) is 4.75. The standard InChI is InChI=1S/C19H27F2N3O3S/c1-12-3-2-4-13(9-12)15-5-7-19(20,21)11-16(15)18(25)24-14-6-8-23-17(10-14)28(22,26)27/h6,8,10,12-13,15-16H,2-5,7,9,11H2,1H3,(H2,22,26,27)(H,23,24,25)/t12-,13-,15+,16-/m0/s1. The summed E-state index contributed by atoms with van der Waals surface area (Å²) in [6.07, 6.45) is 5.03. The van der Waals surface area contributed by atoms with E-state index in [1.54, 1.807) is 0 Å². The average molecular weight is 416 g/mol. The van der Waals surface area contributed by atoms with Crippen molar-refractivity contribution in [2.24, 2.45) is 28.8 Å². The van der Waals surface area contributed by atoms with Crippen molar-refractivity contribution in [3.8, 4) is 0 Å². The molecule has 2 aliphatic carbocycles. The van der Waals surface area contributed by atoms with Gasteiger partial charge in [-0.15, -0.1) is 0 Å². The van der Waals surface area contributed by atoms with Crippen LogP contribution in [0.2, 0.25) is 0 Å².